The summed E-state index contributed by atoms with van der Waals surface area (Å²) in [7, 11) is 0. The Bertz CT molecular complexity index is 877. The average Bonchev–Trinajstić information content (AvgIpc) is 3.18. The zero-order chi connectivity index (χ0) is 22.2. The maximum absolute atomic E-state index is 13.6. The molecule has 0 bridgehead atoms. The molecule has 0 unspecified atom stereocenters. The molecule has 5 heteroatoms. The highest BCUT2D eigenvalue weighted by Gasteiger charge is 2.39. The fourth-order valence-electron chi connectivity index (χ4n) is 5.71. The third kappa shape index (κ3) is 4.81. The highest BCUT2D eigenvalue weighted by atomic mass is 32.2. The van der Waals surface area contributed by atoms with E-state index in [0.29, 0.717) is 12.1 Å². The van der Waals surface area contributed by atoms with E-state index in [1.807, 2.05) is 0 Å². The number of amides is 1. The second-order valence-corrected chi connectivity index (χ2v) is 11.6. The van der Waals surface area contributed by atoms with Crippen LogP contribution < -0.4 is 0 Å². The molecule has 1 aromatic rings. The van der Waals surface area contributed by atoms with Crippen molar-refractivity contribution in [1.29, 1.82) is 0 Å². The van der Waals surface area contributed by atoms with E-state index < -0.39 is 0 Å². The molecule has 3 aliphatic rings. The Morgan fingerprint density at radius 3 is 2.19 bits per heavy atom. The summed E-state index contributed by atoms with van der Waals surface area (Å²) in [6.45, 7) is 11.0. The highest BCUT2D eigenvalue weighted by molar-refractivity contribution is 8.18. The predicted molar refractivity (Wildman–Crippen MR) is 132 cm³/mol. The van der Waals surface area contributed by atoms with Crippen LogP contribution in [0.1, 0.15) is 102 Å². The summed E-state index contributed by atoms with van der Waals surface area (Å²) in [6, 6.07) is 2.94. The first-order valence-corrected chi connectivity index (χ1v) is 13.1. The SMILES string of the molecule is Cc1cc(C=C2SC(=NC3CCCCC3)N(C3CCCCC3)C2=O)c(C)n1C(C)(C)C. The number of hydrogen-bond donors (Lipinski definition) is 0. The number of nitrogens with zero attached hydrogens (tertiary/aromatic N) is 3. The van der Waals surface area contributed by atoms with Crippen molar-refractivity contribution in [1.82, 2.24) is 9.47 Å². The number of aliphatic imine (C=N–C) groups is 1. The van der Waals surface area contributed by atoms with Crippen LogP contribution in [0.25, 0.3) is 6.08 Å². The lowest BCUT2D eigenvalue weighted by Crippen LogP contribution is -2.41. The molecule has 31 heavy (non-hydrogen) atoms. The molecule has 0 aromatic carbocycles. The molecule has 0 radical (unpaired) electrons. The van der Waals surface area contributed by atoms with Gasteiger partial charge in [0.05, 0.1) is 10.9 Å². The van der Waals surface area contributed by atoms with Crippen LogP contribution in [0.5, 0.6) is 0 Å². The first-order chi connectivity index (χ1) is 14.8. The smallest absolute Gasteiger partial charge is 0.267 e. The number of thioether (sulfide) groups is 1. The summed E-state index contributed by atoms with van der Waals surface area (Å²) in [5.41, 5.74) is 3.66. The first kappa shape index (κ1) is 22.7. The Hall–Kier alpha value is -1.49. The van der Waals surface area contributed by atoms with E-state index in [4.69, 9.17) is 4.99 Å². The standard InChI is InChI=1S/C26H39N3OS/c1-18-16-20(19(2)29(18)26(3,4)5)17-23-24(30)28(22-14-10-7-11-15-22)25(31-23)27-21-12-8-6-9-13-21/h16-17,21-22H,6-15H2,1-5H3. The number of carbonyl (C=O) groups is 1. The van der Waals surface area contributed by atoms with Crippen molar-refractivity contribution in [3.63, 3.8) is 0 Å². The lowest BCUT2D eigenvalue weighted by atomic mass is 9.94. The summed E-state index contributed by atoms with van der Waals surface area (Å²) in [5.74, 6) is 0.173. The van der Waals surface area contributed by atoms with Gasteiger partial charge in [-0.3, -0.25) is 14.7 Å². The zero-order valence-corrected chi connectivity index (χ0v) is 20.9. The minimum absolute atomic E-state index is 0.0273. The molecule has 1 aliphatic heterocycles. The number of hydrogen-bond acceptors (Lipinski definition) is 3. The van der Waals surface area contributed by atoms with Crippen LogP contribution in [-0.2, 0) is 10.3 Å². The quantitative estimate of drug-likeness (QED) is 0.484. The van der Waals surface area contributed by atoms with E-state index in [1.165, 1.54) is 62.8 Å². The molecule has 1 aromatic heterocycles. The third-order valence-electron chi connectivity index (χ3n) is 7.07. The monoisotopic (exact) mass is 441 g/mol. The van der Waals surface area contributed by atoms with Crippen molar-refractivity contribution in [2.75, 3.05) is 0 Å². The molecule has 1 amide bonds. The van der Waals surface area contributed by atoms with E-state index in [0.717, 1.165) is 28.5 Å². The van der Waals surface area contributed by atoms with Gasteiger partial charge < -0.3 is 4.57 Å². The Morgan fingerprint density at radius 2 is 1.61 bits per heavy atom. The first-order valence-electron chi connectivity index (χ1n) is 12.3. The molecule has 0 N–H and O–H groups in total. The van der Waals surface area contributed by atoms with Gasteiger partial charge in [0.2, 0.25) is 0 Å². The Balaban J connectivity index is 1.67. The van der Waals surface area contributed by atoms with Crippen LogP contribution in [0.15, 0.2) is 16.0 Å². The second-order valence-electron chi connectivity index (χ2n) is 10.6. The number of rotatable bonds is 3. The number of aromatic nitrogens is 1. The molecule has 4 nitrogen and oxygen atoms in total. The van der Waals surface area contributed by atoms with Gasteiger partial charge in [-0.2, -0.15) is 0 Å². The summed E-state index contributed by atoms with van der Waals surface area (Å²) in [5, 5.41) is 0.972. The van der Waals surface area contributed by atoms with Gasteiger partial charge in [0.25, 0.3) is 5.91 Å². The summed E-state index contributed by atoms with van der Waals surface area (Å²) >= 11 is 1.62. The van der Waals surface area contributed by atoms with Crippen molar-refractivity contribution in [3.8, 4) is 0 Å². The van der Waals surface area contributed by atoms with E-state index in [9.17, 15) is 4.79 Å². The van der Waals surface area contributed by atoms with E-state index in [2.05, 4.69) is 56.2 Å². The molecule has 2 aliphatic carbocycles. The molecule has 2 saturated carbocycles. The maximum Gasteiger partial charge on any atom is 0.267 e. The molecule has 0 atom stereocenters. The minimum atomic E-state index is 0.0273. The minimum Gasteiger partial charge on any atom is -0.343 e. The second kappa shape index (κ2) is 9.17. The topological polar surface area (TPSA) is 37.6 Å². The van der Waals surface area contributed by atoms with Gasteiger partial charge in [-0.15, -0.1) is 0 Å². The average molecular weight is 442 g/mol. The van der Waals surface area contributed by atoms with E-state index in [-0.39, 0.29) is 11.4 Å². The molecular weight excluding hydrogens is 402 g/mol. The predicted octanol–water partition coefficient (Wildman–Crippen LogP) is 6.80. The van der Waals surface area contributed by atoms with E-state index >= 15 is 0 Å². The van der Waals surface area contributed by atoms with Crippen LogP contribution >= 0.6 is 11.8 Å². The van der Waals surface area contributed by atoms with Gasteiger partial charge in [-0.1, -0.05) is 38.5 Å². The van der Waals surface area contributed by atoms with Gasteiger partial charge in [-0.05, 0) is 89.8 Å². The van der Waals surface area contributed by atoms with Crippen molar-refractivity contribution in [3.05, 3.63) is 27.9 Å². The van der Waals surface area contributed by atoms with Crippen LogP contribution in [-0.4, -0.2) is 32.6 Å². The van der Waals surface area contributed by atoms with Crippen LogP contribution in [0.4, 0.5) is 0 Å². The fraction of sp³-hybridized carbons (Fsp3) is 0.692. The summed E-state index contributed by atoms with van der Waals surface area (Å²) in [4.78, 5) is 21.7. The van der Waals surface area contributed by atoms with Crippen molar-refractivity contribution in [2.45, 2.75) is 116 Å². The fourth-order valence-corrected chi connectivity index (χ4v) is 6.81. The van der Waals surface area contributed by atoms with E-state index in [1.54, 1.807) is 11.8 Å². The Kier molecular flexibility index (Phi) is 6.71. The van der Waals surface area contributed by atoms with Gasteiger partial charge in [0, 0.05) is 23.0 Å². The van der Waals surface area contributed by atoms with Gasteiger partial charge in [-0.25, -0.2) is 0 Å². The summed E-state index contributed by atoms with van der Waals surface area (Å²) in [6.07, 6.45) is 14.3. The Morgan fingerprint density at radius 1 is 1.00 bits per heavy atom. The molecule has 0 spiro atoms. The highest BCUT2D eigenvalue weighted by Crippen LogP contribution is 2.39. The molecule has 2 heterocycles. The van der Waals surface area contributed by atoms with Gasteiger partial charge >= 0.3 is 0 Å². The van der Waals surface area contributed by atoms with Crippen LogP contribution in [0, 0.1) is 13.8 Å². The van der Waals surface area contributed by atoms with Crippen molar-refractivity contribution < 1.29 is 4.79 Å². The largest absolute Gasteiger partial charge is 0.343 e. The lowest BCUT2D eigenvalue weighted by molar-refractivity contribution is -0.124. The maximum atomic E-state index is 13.6. The normalized spacial score (nSPS) is 24.7. The Labute approximate surface area is 192 Å². The molecule has 4 rings (SSSR count). The number of carbonyl (C=O) groups excluding carboxylic acids is 1. The van der Waals surface area contributed by atoms with Crippen LogP contribution in [0.3, 0.4) is 0 Å². The van der Waals surface area contributed by atoms with Gasteiger partial charge in [0.1, 0.15) is 0 Å². The zero-order valence-electron chi connectivity index (χ0n) is 20.0. The third-order valence-corrected chi connectivity index (χ3v) is 8.07. The number of aryl methyl sites for hydroxylation is 1. The molecule has 170 valence electrons. The van der Waals surface area contributed by atoms with Crippen LogP contribution in [0.2, 0.25) is 0 Å². The molecule has 3 fully saturated rings. The van der Waals surface area contributed by atoms with Gasteiger partial charge in [0.15, 0.2) is 5.17 Å². The lowest BCUT2D eigenvalue weighted by Gasteiger charge is -2.31. The molecule has 1 saturated heterocycles. The van der Waals surface area contributed by atoms with Crippen molar-refractivity contribution >= 4 is 28.9 Å². The molecular formula is C26H39N3OS. The summed E-state index contributed by atoms with van der Waals surface area (Å²) < 4.78 is 2.37. The number of amidine groups is 1. The van der Waals surface area contributed by atoms with Crippen molar-refractivity contribution in [2.24, 2.45) is 4.99 Å².